The van der Waals surface area contributed by atoms with E-state index in [0.717, 1.165) is 6.07 Å². The highest BCUT2D eigenvalue weighted by Crippen LogP contribution is 2.33. The summed E-state index contributed by atoms with van der Waals surface area (Å²) in [5.74, 6) is 0. The molecule has 0 aliphatic heterocycles. The third-order valence-corrected chi connectivity index (χ3v) is 1.85. The van der Waals surface area contributed by atoms with Gasteiger partial charge in [0, 0.05) is 0 Å². The molecule has 0 aliphatic rings. The maximum absolute atomic E-state index is 12.4. The van der Waals surface area contributed by atoms with Crippen molar-refractivity contribution in [3.05, 3.63) is 28.6 Å². The third kappa shape index (κ3) is 2.27. The molecule has 86 valence electrons. The highest BCUT2D eigenvalue weighted by atomic mass is 19.4. The lowest BCUT2D eigenvalue weighted by Gasteiger charge is -2.11. The maximum Gasteiger partial charge on any atom is 0.434 e. The maximum atomic E-state index is 12.4. The molecule has 0 unspecified atom stereocenters. The van der Waals surface area contributed by atoms with Crippen LogP contribution < -0.4 is 0 Å². The zero-order valence-corrected chi connectivity index (χ0v) is 7.94. The van der Waals surface area contributed by atoms with Crippen molar-refractivity contribution in [2.75, 3.05) is 0 Å². The van der Waals surface area contributed by atoms with E-state index in [1.807, 2.05) is 0 Å². The monoisotopic (exact) mass is 236 g/mol. The van der Waals surface area contributed by atoms with Gasteiger partial charge in [0.25, 0.3) is 6.43 Å². The van der Waals surface area contributed by atoms with Crippen molar-refractivity contribution in [2.45, 2.75) is 19.5 Å². The molecule has 0 aromatic carbocycles. The van der Waals surface area contributed by atoms with E-state index in [9.17, 15) is 22.0 Å². The Bertz CT molecular complexity index is 444. The van der Waals surface area contributed by atoms with Gasteiger partial charge in [0.05, 0.1) is 5.56 Å². The van der Waals surface area contributed by atoms with E-state index in [0.29, 0.717) is 0 Å². The van der Waals surface area contributed by atoms with Crippen molar-refractivity contribution in [3.63, 3.8) is 0 Å². The molecule has 1 rings (SSSR count). The number of nitrogens with zero attached hydrogens (tertiary/aromatic N) is 2. The number of pyridine rings is 1. The van der Waals surface area contributed by atoms with Crippen LogP contribution in [0.5, 0.6) is 0 Å². The Morgan fingerprint density at radius 1 is 1.38 bits per heavy atom. The summed E-state index contributed by atoms with van der Waals surface area (Å²) in [5, 5.41) is 8.46. The van der Waals surface area contributed by atoms with Crippen molar-refractivity contribution in [2.24, 2.45) is 0 Å². The van der Waals surface area contributed by atoms with Gasteiger partial charge in [0.2, 0.25) is 0 Å². The molecule has 0 fully saturated rings. The number of hydrogen-bond acceptors (Lipinski definition) is 2. The van der Waals surface area contributed by atoms with Crippen LogP contribution in [0.25, 0.3) is 0 Å². The van der Waals surface area contributed by atoms with Crippen LogP contribution in [0.2, 0.25) is 0 Å². The molecule has 1 aromatic rings. The number of nitriles is 1. The van der Waals surface area contributed by atoms with E-state index in [2.05, 4.69) is 4.98 Å². The highest BCUT2D eigenvalue weighted by Gasteiger charge is 2.37. The zero-order chi connectivity index (χ0) is 12.5. The van der Waals surface area contributed by atoms with Gasteiger partial charge in [-0.05, 0) is 18.6 Å². The van der Waals surface area contributed by atoms with Gasteiger partial charge in [-0.15, -0.1) is 0 Å². The molecule has 0 saturated heterocycles. The molecule has 0 bridgehead atoms. The zero-order valence-electron chi connectivity index (χ0n) is 7.94. The minimum atomic E-state index is -4.91. The predicted molar refractivity (Wildman–Crippen MR) is 43.6 cm³/mol. The smallest absolute Gasteiger partial charge is 0.241 e. The minimum Gasteiger partial charge on any atom is -0.241 e. The summed E-state index contributed by atoms with van der Waals surface area (Å²) in [4.78, 5) is 2.82. The fraction of sp³-hybridized carbons (Fsp3) is 0.333. The summed E-state index contributed by atoms with van der Waals surface area (Å²) in [5.41, 5.74) is -3.42. The highest BCUT2D eigenvalue weighted by molar-refractivity contribution is 5.40. The van der Waals surface area contributed by atoms with Crippen molar-refractivity contribution >= 4 is 0 Å². The minimum absolute atomic E-state index is 0.139. The number of hydrogen-bond donors (Lipinski definition) is 0. The third-order valence-electron chi connectivity index (χ3n) is 1.85. The van der Waals surface area contributed by atoms with E-state index in [1.165, 1.54) is 13.0 Å². The van der Waals surface area contributed by atoms with Gasteiger partial charge in [-0.3, -0.25) is 0 Å². The molecule has 0 spiro atoms. The van der Waals surface area contributed by atoms with Crippen LogP contribution in [-0.2, 0) is 6.18 Å². The van der Waals surface area contributed by atoms with Crippen LogP contribution in [-0.4, -0.2) is 4.98 Å². The number of rotatable bonds is 1. The average molecular weight is 236 g/mol. The van der Waals surface area contributed by atoms with E-state index in [-0.39, 0.29) is 5.56 Å². The Kier molecular flexibility index (Phi) is 3.12. The van der Waals surface area contributed by atoms with Crippen LogP contribution in [0.3, 0.4) is 0 Å². The van der Waals surface area contributed by atoms with E-state index < -0.39 is 29.6 Å². The molecule has 1 aromatic heterocycles. The summed E-state index contributed by atoms with van der Waals surface area (Å²) in [7, 11) is 0. The van der Waals surface area contributed by atoms with Crippen LogP contribution in [0.4, 0.5) is 22.0 Å². The van der Waals surface area contributed by atoms with Gasteiger partial charge >= 0.3 is 6.18 Å². The second kappa shape index (κ2) is 4.04. The Hall–Kier alpha value is -1.71. The predicted octanol–water partition coefficient (Wildman–Crippen LogP) is 3.22. The average Bonchev–Trinajstić information content (AvgIpc) is 2.14. The first-order chi connectivity index (χ1) is 7.27. The Morgan fingerprint density at radius 3 is 2.31 bits per heavy atom. The lowest BCUT2D eigenvalue weighted by Crippen LogP contribution is -2.13. The summed E-state index contributed by atoms with van der Waals surface area (Å²) < 4.78 is 61.7. The Labute approximate surface area is 87.3 Å². The molecule has 0 radical (unpaired) electrons. The molecule has 0 N–H and O–H groups in total. The first-order valence-electron chi connectivity index (χ1n) is 4.04. The largest absolute Gasteiger partial charge is 0.434 e. The molecule has 16 heavy (non-hydrogen) atoms. The number of aromatic nitrogens is 1. The molecular weight excluding hydrogens is 231 g/mol. The molecule has 0 atom stereocenters. The molecular formula is C9H5F5N2. The Morgan fingerprint density at radius 2 is 1.94 bits per heavy atom. The molecule has 0 aliphatic carbocycles. The SMILES string of the molecule is Cc1cc(C#N)c(C(F)(F)F)nc1C(F)F. The quantitative estimate of drug-likeness (QED) is 0.702. The van der Waals surface area contributed by atoms with Crippen molar-refractivity contribution in [1.29, 1.82) is 5.26 Å². The standard InChI is InChI=1S/C9H5F5N2/c1-4-2-5(3-15)7(9(12,13)14)16-6(4)8(10)11/h2,8H,1H3. The summed E-state index contributed by atoms with van der Waals surface area (Å²) >= 11 is 0. The van der Waals surface area contributed by atoms with Crippen molar-refractivity contribution in [3.8, 4) is 6.07 Å². The van der Waals surface area contributed by atoms with Gasteiger partial charge in [-0.2, -0.15) is 18.4 Å². The van der Waals surface area contributed by atoms with Crippen LogP contribution in [0.15, 0.2) is 6.07 Å². The van der Waals surface area contributed by atoms with E-state index in [4.69, 9.17) is 5.26 Å². The van der Waals surface area contributed by atoms with Gasteiger partial charge < -0.3 is 0 Å². The molecule has 1 heterocycles. The summed E-state index contributed by atoms with van der Waals surface area (Å²) in [6.45, 7) is 1.18. The first-order valence-corrected chi connectivity index (χ1v) is 4.04. The summed E-state index contributed by atoms with van der Waals surface area (Å²) in [6.07, 6.45) is -8.02. The lowest BCUT2D eigenvalue weighted by atomic mass is 10.1. The topological polar surface area (TPSA) is 36.7 Å². The van der Waals surface area contributed by atoms with E-state index in [1.54, 1.807) is 0 Å². The molecule has 7 heteroatoms. The van der Waals surface area contributed by atoms with E-state index >= 15 is 0 Å². The van der Waals surface area contributed by atoms with Crippen LogP contribution in [0.1, 0.15) is 28.9 Å². The number of alkyl halides is 5. The molecule has 0 amide bonds. The molecule has 0 saturated carbocycles. The van der Waals surface area contributed by atoms with Crippen LogP contribution in [0, 0.1) is 18.3 Å². The fourth-order valence-corrected chi connectivity index (χ4v) is 1.15. The Balaban J connectivity index is 3.49. The van der Waals surface area contributed by atoms with Crippen molar-refractivity contribution in [1.82, 2.24) is 4.98 Å². The number of halogens is 5. The normalized spacial score (nSPS) is 11.6. The van der Waals surface area contributed by atoms with Crippen LogP contribution >= 0.6 is 0 Å². The second-order valence-corrected chi connectivity index (χ2v) is 3.00. The lowest BCUT2D eigenvalue weighted by molar-refractivity contribution is -0.141. The van der Waals surface area contributed by atoms with Gasteiger partial charge in [-0.25, -0.2) is 13.8 Å². The molecule has 2 nitrogen and oxygen atoms in total. The number of aryl methyl sites for hydroxylation is 1. The second-order valence-electron chi connectivity index (χ2n) is 3.00. The van der Waals surface area contributed by atoms with Gasteiger partial charge in [-0.1, -0.05) is 0 Å². The van der Waals surface area contributed by atoms with Gasteiger partial charge in [0.15, 0.2) is 5.69 Å². The van der Waals surface area contributed by atoms with Crippen molar-refractivity contribution < 1.29 is 22.0 Å². The first kappa shape index (κ1) is 12.4. The fourth-order valence-electron chi connectivity index (χ4n) is 1.15. The van der Waals surface area contributed by atoms with Gasteiger partial charge in [0.1, 0.15) is 11.8 Å². The summed E-state index contributed by atoms with van der Waals surface area (Å²) in [6, 6.07) is 2.04.